The Morgan fingerprint density at radius 2 is 1.81 bits per heavy atom. The number of Topliss-reactive ketones (excluding diaryl/α,β-unsaturated/α-hetero) is 1. The minimum absolute atomic E-state index is 0.162. The van der Waals surface area contributed by atoms with Crippen molar-refractivity contribution in [3.05, 3.63) is 68.7 Å². The number of benzene rings is 2. The molecule has 2 aromatic rings. The fraction of sp³-hybridized carbons (Fsp3) is 0.222. The second-order valence-electron chi connectivity index (χ2n) is 5.29. The molecule has 1 atom stereocenters. The molecular weight excluding hydrogens is 326 g/mol. The number of hydrogen-bond donors (Lipinski definition) is 0. The van der Waals surface area contributed by atoms with Gasteiger partial charge >= 0.3 is 0 Å². The van der Waals surface area contributed by atoms with Crippen molar-refractivity contribution in [3.8, 4) is 6.07 Å². The van der Waals surface area contributed by atoms with Crippen LogP contribution < -0.4 is 0 Å². The summed E-state index contributed by atoms with van der Waals surface area (Å²) in [6.07, 6.45) is 0. The second-order valence-corrected chi connectivity index (χ2v) is 6.20. The van der Waals surface area contributed by atoms with Gasteiger partial charge in [-0.25, -0.2) is 0 Å². The molecule has 0 fully saturated rings. The lowest BCUT2D eigenvalue weighted by Gasteiger charge is -2.11. The molecule has 0 bridgehead atoms. The van der Waals surface area contributed by atoms with E-state index in [1.54, 1.807) is 6.07 Å². The molecule has 3 heteroatoms. The van der Waals surface area contributed by atoms with Gasteiger partial charge in [0.05, 0.1) is 6.07 Å². The summed E-state index contributed by atoms with van der Waals surface area (Å²) in [4.78, 5) is 12.6. The third-order valence-corrected chi connectivity index (χ3v) is 4.04. The summed E-state index contributed by atoms with van der Waals surface area (Å²) in [6, 6.07) is 13.4. The van der Waals surface area contributed by atoms with Gasteiger partial charge in [0.1, 0.15) is 5.92 Å². The highest BCUT2D eigenvalue weighted by molar-refractivity contribution is 9.10. The van der Waals surface area contributed by atoms with Crippen molar-refractivity contribution < 1.29 is 4.79 Å². The van der Waals surface area contributed by atoms with Crippen molar-refractivity contribution in [2.24, 2.45) is 0 Å². The monoisotopic (exact) mass is 341 g/mol. The molecule has 0 saturated heterocycles. The molecule has 2 aromatic carbocycles. The topological polar surface area (TPSA) is 40.9 Å². The SMILES string of the molecule is Cc1cc(Br)cc(C(=O)C(C#N)c2ccc(C)c(C)c2)c1. The van der Waals surface area contributed by atoms with Crippen molar-refractivity contribution >= 4 is 21.7 Å². The highest BCUT2D eigenvalue weighted by Crippen LogP contribution is 2.25. The van der Waals surface area contributed by atoms with E-state index in [0.717, 1.165) is 26.7 Å². The number of carbonyl (C=O) groups is 1. The zero-order chi connectivity index (χ0) is 15.6. The van der Waals surface area contributed by atoms with Gasteiger partial charge in [0.2, 0.25) is 0 Å². The minimum Gasteiger partial charge on any atom is -0.292 e. The van der Waals surface area contributed by atoms with Crippen molar-refractivity contribution in [3.63, 3.8) is 0 Å². The maximum absolute atomic E-state index is 12.6. The van der Waals surface area contributed by atoms with Crippen LogP contribution in [-0.4, -0.2) is 5.78 Å². The number of rotatable bonds is 3. The lowest BCUT2D eigenvalue weighted by Crippen LogP contribution is -2.12. The summed E-state index contributed by atoms with van der Waals surface area (Å²) in [5.74, 6) is -0.928. The van der Waals surface area contributed by atoms with E-state index in [1.165, 1.54) is 0 Å². The number of hydrogen-bond acceptors (Lipinski definition) is 2. The van der Waals surface area contributed by atoms with Gasteiger partial charge in [-0.3, -0.25) is 4.79 Å². The molecule has 21 heavy (non-hydrogen) atoms. The highest BCUT2D eigenvalue weighted by Gasteiger charge is 2.22. The number of nitriles is 1. The molecule has 0 heterocycles. The summed E-state index contributed by atoms with van der Waals surface area (Å²) in [5.41, 5.74) is 4.55. The van der Waals surface area contributed by atoms with E-state index in [0.29, 0.717) is 5.56 Å². The third-order valence-electron chi connectivity index (χ3n) is 3.58. The predicted molar refractivity (Wildman–Crippen MR) is 87.5 cm³/mol. The molecule has 0 spiro atoms. The van der Waals surface area contributed by atoms with Crippen molar-refractivity contribution in [2.45, 2.75) is 26.7 Å². The first-order valence-corrected chi connectivity index (χ1v) is 7.50. The lowest BCUT2D eigenvalue weighted by molar-refractivity contribution is 0.0978. The van der Waals surface area contributed by atoms with Gasteiger partial charge in [0.25, 0.3) is 0 Å². The van der Waals surface area contributed by atoms with Crippen LogP contribution in [0.25, 0.3) is 0 Å². The summed E-state index contributed by atoms with van der Waals surface area (Å²) >= 11 is 3.39. The van der Waals surface area contributed by atoms with Gasteiger partial charge in [0, 0.05) is 10.0 Å². The van der Waals surface area contributed by atoms with Crippen LogP contribution in [0, 0.1) is 32.1 Å². The second kappa shape index (κ2) is 6.24. The molecule has 0 saturated carbocycles. The Bertz CT molecular complexity index is 723. The van der Waals surface area contributed by atoms with Crippen LogP contribution in [0.2, 0.25) is 0 Å². The van der Waals surface area contributed by atoms with E-state index >= 15 is 0 Å². The molecule has 1 unspecified atom stereocenters. The first kappa shape index (κ1) is 15.5. The number of ketones is 1. The highest BCUT2D eigenvalue weighted by atomic mass is 79.9. The lowest BCUT2D eigenvalue weighted by atomic mass is 9.89. The van der Waals surface area contributed by atoms with E-state index < -0.39 is 5.92 Å². The third kappa shape index (κ3) is 3.40. The molecule has 0 amide bonds. The molecule has 2 rings (SSSR count). The van der Waals surface area contributed by atoms with Gasteiger partial charge in [-0.05, 0) is 61.2 Å². The van der Waals surface area contributed by atoms with Gasteiger partial charge in [0.15, 0.2) is 5.78 Å². The number of aryl methyl sites for hydroxylation is 3. The van der Waals surface area contributed by atoms with E-state index in [-0.39, 0.29) is 5.78 Å². The maximum atomic E-state index is 12.6. The average molecular weight is 342 g/mol. The van der Waals surface area contributed by atoms with Crippen molar-refractivity contribution in [2.75, 3.05) is 0 Å². The molecule has 0 radical (unpaired) electrons. The van der Waals surface area contributed by atoms with Crippen LogP contribution in [0.1, 0.15) is 38.5 Å². The average Bonchev–Trinajstić information content (AvgIpc) is 2.42. The normalized spacial score (nSPS) is 11.8. The summed E-state index contributed by atoms with van der Waals surface area (Å²) in [6.45, 7) is 5.93. The number of halogens is 1. The van der Waals surface area contributed by atoms with Crippen LogP contribution >= 0.6 is 15.9 Å². The van der Waals surface area contributed by atoms with E-state index in [1.807, 2.05) is 51.1 Å². The molecule has 0 aliphatic heterocycles. The first-order chi connectivity index (χ1) is 9.92. The van der Waals surface area contributed by atoms with Crippen LogP contribution in [0.15, 0.2) is 40.9 Å². The molecule has 0 aromatic heterocycles. The smallest absolute Gasteiger partial charge is 0.184 e. The maximum Gasteiger partial charge on any atom is 0.184 e. The van der Waals surface area contributed by atoms with E-state index in [9.17, 15) is 10.1 Å². The quantitative estimate of drug-likeness (QED) is 0.747. The Labute approximate surface area is 133 Å². The molecule has 2 nitrogen and oxygen atoms in total. The zero-order valence-electron chi connectivity index (χ0n) is 12.3. The molecule has 0 N–H and O–H groups in total. The van der Waals surface area contributed by atoms with Gasteiger partial charge in [-0.2, -0.15) is 5.26 Å². The Morgan fingerprint density at radius 3 is 2.38 bits per heavy atom. The Balaban J connectivity index is 2.43. The molecule has 106 valence electrons. The predicted octanol–water partition coefficient (Wildman–Crippen LogP) is 4.86. The van der Waals surface area contributed by atoms with Crippen LogP contribution in [0.5, 0.6) is 0 Å². The van der Waals surface area contributed by atoms with Gasteiger partial charge in [-0.1, -0.05) is 34.1 Å². The van der Waals surface area contributed by atoms with Crippen LogP contribution in [0.4, 0.5) is 0 Å². The largest absolute Gasteiger partial charge is 0.292 e. The van der Waals surface area contributed by atoms with Crippen LogP contribution in [-0.2, 0) is 0 Å². The zero-order valence-corrected chi connectivity index (χ0v) is 13.9. The standard InChI is InChI=1S/C18H16BrNO/c1-11-6-15(9-16(19)7-11)18(21)17(10-20)14-5-4-12(2)13(3)8-14/h4-9,17H,1-3H3. The van der Waals surface area contributed by atoms with Crippen LogP contribution in [0.3, 0.4) is 0 Å². The van der Waals surface area contributed by atoms with E-state index in [4.69, 9.17) is 0 Å². The first-order valence-electron chi connectivity index (χ1n) is 6.70. The van der Waals surface area contributed by atoms with Gasteiger partial charge < -0.3 is 0 Å². The summed E-state index contributed by atoms with van der Waals surface area (Å²) < 4.78 is 0.850. The summed E-state index contributed by atoms with van der Waals surface area (Å²) in [5, 5.41) is 9.43. The fourth-order valence-electron chi connectivity index (χ4n) is 2.27. The van der Waals surface area contributed by atoms with Crippen molar-refractivity contribution in [1.29, 1.82) is 5.26 Å². The molecule has 0 aliphatic rings. The summed E-state index contributed by atoms with van der Waals surface area (Å²) in [7, 11) is 0. The molecular formula is C18H16BrNO. The molecule has 0 aliphatic carbocycles. The number of nitrogens with zero attached hydrogens (tertiary/aromatic N) is 1. The minimum atomic E-state index is -0.766. The van der Waals surface area contributed by atoms with Crippen molar-refractivity contribution in [1.82, 2.24) is 0 Å². The van der Waals surface area contributed by atoms with Gasteiger partial charge in [-0.15, -0.1) is 0 Å². The Kier molecular flexibility index (Phi) is 4.59. The number of carbonyl (C=O) groups excluding carboxylic acids is 1. The fourth-order valence-corrected chi connectivity index (χ4v) is 2.88. The Hall–Kier alpha value is -1.92. The van der Waals surface area contributed by atoms with E-state index in [2.05, 4.69) is 22.0 Å². The Morgan fingerprint density at radius 1 is 1.10 bits per heavy atom.